The summed E-state index contributed by atoms with van der Waals surface area (Å²) in [6, 6.07) is 12.4. The molecule has 0 spiro atoms. The number of imidazole rings is 1. The SMILES string of the molecule is CN=C1OCCC[C@@H](C)Cn2c(nc3ccc(C(=O)NC4CCN(CCc5cc(F)cc(F)c5)CC4)cc32)NC(=O)c2cc(C)nc(c2)C1=CN. The van der Waals surface area contributed by atoms with Gasteiger partial charge < -0.3 is 25.3 Å². The second kappa shape index (κ2) is 15.8. The van der Waals surface area contributed by atoms with Crippen molar-refractivity contribution in [1.29, 1.82) is 0 Å². The van der Waals surface area contributed by atoms with Crippen molar-refractivity contribution in [2.45, 2.75) is 58.5 Å². The number of hydrogen-bond acceptors (Lipinski definition) is 8. The van der Waals surface area contributed by atoms with Gasteiger partial charge in [0.25, 0.3) is 11.8 Å². The molecule has 2 aliphatic rings. The van der Waals surface area contributed by atoms with E-state index in [0.717, 1.165) is 50.4 Å². The minimum Gasteiger partial charge on any atom is -0.477 e. The Bertz CT molecular complexity index is 1960. The van der Waals surface area contributed by atoms with Gasteiger partial charge in [-0.25, -0.2) is 13.8 Å². The van der Waals surface area contributed by atoms with Gasteiger partial charge in [0.15, 0.2) is 0 Å². The van der Waals surface area contributed by atoms with Crippen molar-refractivity contribution in [2.24, 2.45) is 16.6 Å². The fourth-order valence-electron chi connectivity index (χ4n) is 6.80. The number of aliphatic imine (C=N–C) groups is 1. The van der Waals surface area contributed by atoms with Crippen molar-refractivity contribution in [3.8, 4) is 0 Å². The van der Waals surface area contributed by atoms with E-state index in [0.29, 0.717) is 77.1 Å². The number of nitrogens with zero attached hydrogens (tertiary/aromatic N) is 5. The molecule has 0 radical (unpaired) electrons. The highest BCUT2D eigenvalue weighted by molar-refractivity contribution is 6.19. The monoisotopic (exact) mass is 698 g/mol. The minimum atomic E-state index is -0.566. The molecule has 2 aliphatic heterocycles. The molecule has 4 aromatic rings. The molecule has 1 atom stereocenters. The van der Waals surface area contributed by atoms with Crippen LogP contribution in [0.3, 0.4) is 0 Å². The van der Waals surface area contributed by atoms with E-state index in [1.165, 1.54) is 18.3 Å². The molecule has 4 N–H and O–H groups in total. The predicted octanol–water partition coefficient (Wildman–Crippen LogP) is 5.48. The molecular formula is C38H44F2N8O3. The van der Waals surface area contributed by atoms with Crippen LogP contribution in [0, 0.1) is 24.5 Å². The van der Waals surface area contributed by atoms with Gasteiger partial charge in [-0.2, -0.15) is 0 Å². The van der Waals surface area contributed by atoms with Crippen molar-refractivity contribution < 1.29 is 23.1 Å². The molecule has 1 fully saturated rings. The fraction of sp³-hybridized carbons (Fsp3) is 0.395. The Morgan fingerprint density at radius 3 is 2.59 bits per heavy atom. The zero-order chi connectivity index (χ0) is 36.1. The Morgan fingerprint density at radius 2 is 1.86 bits per heavy atom. The van der Waals surface area contributed by atoms with E-state index >= 15 is 0 Å². The van der Waals surface area contributed by atoms with Gasteiger partial charge in [-0.05, 0) is 93.0 Å². The number of pyridine rings is 1. The third-order valence-corrected chi connectivity index (χ3v) is 9.46. The summed E-state index contributed by atoms with van der Waals surface area (Å²) < 4.78 is 35.2. The summed E-state index contributed by atoms with van der Waals surface area (Å²) in [5.74, 6) is -0.735. The molecule has 0 unspecified atom stereocenters. The Morgan fingerprint density at radius 1 is 1.10 bits per heavy atom. The van der Waals surface area contributed by atoms with E-state index < -0.39 is 11.6 Å². The molecular weight excluding hydrogens is 654 g/mol. The van der Waals surface area contributed by atoms with Gasteiger partial charge in [0.1, 0.15) is 11.6 Å². The second-order valence-electron chi connectivity index (χ2n) is 13.4. The van der Waals surface area contributed by atoms with Gasteiger partial charge >= 0.3 is 0 Å². The van der Waals surface area contributed by atoms with E-state index in [9.17, 15) is 18.4 Å². The molecule has 11 nitrogen and oxygen atoms in total. The number of aryl methyl sites for hydroxylation is 1. The van der Waals surface area contributed by atoms with Crippen LogP contribution in [0.15, 0.2) is 59.7 Å². The highest BCUT2D eigenvalue weighted by Gasteiger charge is 2.24. The third-order valence-electron chi connectivity index (χ3n) is 9.46. The van der Waals surface area contributed by atoms with Crippen LogP contribution >= 0.6 is 0 Å². The number of hydrogen-bond donors (Lipinski definition) is 3. The molecule has 6 rings (SSSR count). The number of ether oxygens (including phenoxy) is 1. The highest BCUT2D eigenvalue weighted by atomic mass is 19.1. The lowest BCUT2D eigenvalue weighted by Gasteiger charge is -2.32. The minimum absolute atomic E-state index is 0.00214. The largest absolute Gasteiger partial charge is 0.477 e. The zero-order valence-electron chi connectivity index (χ0n) is 29.2. The smallest absolute Gasteiger partial charge is 0.258 e. The van der Waals surface area contributed by atoms with Gasteiger partial charge in [-0.15, -0.1) is 0 Å². The lowest BCUT2D eigenvalue weighted by Crippen LogP contribution is -2.45. The number of likely N-dealkylation sites (tertiary alicyclic amines) is 1. The number of aromatic nitrogens is 3. The van der Waals surface area contributed by atoms with Gasteiger partial charge in [-0.3, -0.25) is 24.9 Å². The Labute approximate surface area is 296 Å². The number of nitrogens with one attached hydrogen (secondary N) is 2. The Hall–Kier alpha value is -5.17. The zero-order valence-corrected chi connectivity index (χ0v) is 29.2. The first-order chi connectivity index (χ1) is 24.6. The lowest BCUT2D eigenvalue weighted by atomic mass is 10.0. The maximum atomic E-state index is 13.7. The second-order valence-corrected chi connectivity index (χ2v) is 13.4. The number of benzene rings is 2. The molecule has 2 amide bonds. The molecule has 0 aliphatic carbocycles. The molecule has 2 aromatic heterocycles. The number of fused-ring (bicyclic) bond motifs is 5. The number of rotatable bonds is 5. The van der Waals surface area contributed by atoms with E-state index in [4.69, 9.17) is 15.5 Å². The lowest BCUT2D eigenvalue weighted by molar-refractivity contribution is 0.0911. The van der Waals surface area contributed by atoms with E-state index in [-0.39, 0.29) is 23.8 Å². The predicted molar refractivity (Wildman–Crippen MR) is 194 cm³/mol. The van der Waals surface area contributed by atoms with Crippen molar-refractivity contribution >= 4 is 40.3 Å². The highest BCUT2D eigenvalue weighted by Crippen LogP contribution is 2.26. The van der Waals surface area contributed by atoms with Gasteiger partial charge in [0.2, 0.25) is 11.8 Å². The molecule has 1 saturated heterocycles. The van der Waals surface area contributed by atoms with Crippen molar-refractivity contribution in [1.82, 2.24) is 24.8 Å². The van der Waals surface area contributed by atoms with Crippen LogP contribution in [0.1, 0.15) is 70.3 Å². The van der Waals surface area contributed by atoms with Gasteiger partial charge in [0, 0.05) is 68.4 Å². The van der Waals surface area contributed by atoms with Gasteiger partial charge in [0.05, 0.1) is 28.9 Å². The molecule has 13 heteroatoms. The maximum absolute atomic E-state index is 13.7. The van der Waals surface area contributed by atoms with Crippen LogP contribution in [0.5, 0.6) is 0 Å². The number of nitrogens with two attached hydrogens (primary N) is 1. The summed E-state index contributed by atoms with van der Waals surface area (Å²) in [4.78, 5) is 43.1. The Balaban J connectivity index is 1.18. The first-order valence-corrected chi connectivity index (χ1v) is 17.4. The normalized spacial score (nSPS) is 19.6. The first-order valence-electron chi connectivity index (χ1n) is 17.4. The number of amides is 2. The summed E-state index contributed by atoms with van der Waals surface area (Å²) in [5.41, 5.74) is 10.5. The molecule has 2 bridgehead atoms. The topological polar surface area (TPSA) is 140 Å². The van der Waals surface area contributed by atoms with Gasteiger partial charge in [-0.1, -0.05) is 6.92 Å². The average Bonchev–Trinajstić information content (AvgIpc) is 3.43. The summed E-state index contributed by atoms with van der Waals surface area (Å²) in [6.07, 6.45) is 5.07. The number of piperidine rings is 1. The van der Waals surface area contributed by atoms with Crippen LogP contribution in [-0.4, -0.2) is 76.5 Å². The Kier molecular flexibility index (Phi) is 11.0. The van der Waals surface area contributed by atoms with E-state index in [1.54, 1.807) is 32.2 Å². The quantitative estimate of drug-likeness (QED) is 0.251. The van der Waals surface area contributed by atoms with E-state index in [2.05, 4.69) is 32.4 Å². The molecule has 4 heterocycles. The number of anilines is 1. The molecule has 268 valence electrons. The first kappa shape index (κ1) is 35.6. The fourth-order valence-corrected chi connectivity index (χ4v) is 6.80. The average molecular weight is 699 g/mol. The van der Waals surface area contributed by atoms with Crippen LogP contribution in [0.2, 0.25) is 0 Å². The van der Waals surface area contributed by atoms with E-state index in [1.807, 2.05) is 16.7 Å². The molecule has 51 heavy (non-hydrogen) atoms. The number of halogens is 2. The van der Waals surface area contributed by atoms with Crippen molar-refractivity contribution in [3.63, 3.8) is 0 Å². The summed E-state index contributed by atoms with van der Waals surface area (Å²) >= 11 is 0. The van der Waals surface area contributed by atoms with Crippen LogP contribution in [0.25, 0.3) is 16.6 Å². The summed E-state index contributed by atoms with van der Waals surface area (Å²) in [5, 5.41) is 6.20. The molecule has 2 aromatic carbocycles. The third kappa shape index (κ3) is 8.59. The van der Waals surface area contributed by atoms with Crippen molar-refractivity contribution in [3.05, 3.63) is 94.4 Å². The maximum Gasteiger partial charge on any atom is 0.258 e. The van der Waals surface area contributed by atoms with Crippen LogP contribution in [0.4, 0.5) is 14.7 Å². The summed E-state index contributed by atoms with van der Waals surface area (Å²) in [6.45, 7) is 7.16. The number of carbonyl (C=O) groups is 2. The standard InChI is InChI=1S/C38H44F2N8O3/c1-23-5-4-14-51-37(42-3)31(21-41)33-18-27(15-24(2)43-33)36(50)46-38-45-32-7-6-26(19-34(32)48(38)22-23)35(49)44-30-9-12-47(13-10-30)11-8-25-16-28(39)20-29(40)17-25/h6-7,15-21,23,30H,4-5,8-14,22,41H2,1-3H3,(H,44,49)(H,45,46,50)/t23-/m1/s1. The van der Waals surface area contributed by atoms with Crippen LogP contribution in [-0.2, 0) is 17.7 Å². The number of carbonyl (C=O) groups excluding carboxylic acids is 2. The summed E-state index contributed by atoms with van der Waals surface area (Å²) in [7, 11) is 1.63. The van der Waals surface area contributed by atoms with Crippen LogP contribution < -0.4 is 16.4 Å². The molecule has 0 saturated carbocycles. The van der Waals surface area contributed by atoms with Crippen molar-refractivity contribution in [2.75, 3.05) is 38.6 Å².